The van der Waals surface area contributed by atoms with Crippen LogP contribution in [-0.4, -0.2) is 42.6 Å². The Kier molecular flexibility index (Phi) is 5.08. The van der Waals surface area contributed by atoms with Crippen LogP contribution in [0.25, 0.3) is 6.08 Å². The molecular weight excluding hydrogens is 310 g/mol. The van der Waals surface area contributed by atoms with E-state index < -0.39 is 5.97 Å². The molecule has 2 rings (SSSR count). The number of benzene rings is 1. The minimum absolute atomic E-state index is 0.107. The van der Waals surface area contributed by atoms with Crippen LogP contribution in [0.1, 0.15) is 12.5 Å². The maximum absolute atomic E-state index is 12.7. The molecule has 0 saturated heterocycles. The van der Waals surface area contributed by atoms with E-state index >= 15 is 0 Å². The molecule has 1 heterocycles. The van der Waals surface area contributed by atoms with Gasteiger partial charge in [-0.15, -0.1) is 6.58 Å². The van der Waals surface area contributed by atoms with E-state index in [-0.39, 0.29) is 35.1 Å². The molecule has 6 heteroatoms. The average Bonchev–Trinajstić information content (AvgIpc) is 2.81. The van der Waals surface area contributed by atoms with Crippen LogP contribution in [-0.2, 0) is 14.3 Å². The normalized spacial score (nSPS) is 15.9. The van der Waals surface area contributed by atoms with Gasteiger partial charge < -0.3 is 19.5 Å². The largest absolute Gasteiger partial charge is 0.504 e. The number of aromatic hydroxyl groups is 1. The lowest BCUT2D eigenvalue weighted by molar-refractivity contribution is -0.136. The third-order valence-corrected chi connectivity index (χ3v) is 3.76. The highest BCUT2D eigenvalue weighted by Gasteiger charge is 2.36. The fourth-order valence-corrected chi connectivity index (χ4v) is 2.55. The van der Waals surface area contributed by atoms with E-state index in [1.165, 1.54) is 25.2 Å². The predicted octanol–water partition coefficient (Wildman–Crippen LogP) is 2.26. The lowest BCUT2D eigenvalue weighted by atomic mass is 10.0. The number of methoxy groups -OCH3 is 2. The number of hydrogen-bond acceptors (Lipinski definition) is 5. The molecule has 0 atom stereocenters. The van der Waals surface area contributed by atoms with Crippen LogP contribution in [0.2, 0.25) is 0 Å². The summed E-state index contributed by atoms with van der Waals surface area (Å²) in [5.74, 6) is -0.793. The molecular formula is C18H19NO5. The molecule has 126 valence electrons. The highest BCUT2D eigenvalue weighted by molar-refractivity contribution is 6.16. The second-order valence-electron chi connectivity index (χ2n) is 5.11. The van der Waals surface area contributed by atoms with E-state index in [4.69, 9.17) is 9.47 Å². The summed E-state index contributed by atoms with van der Waals surface area (Å²) in [6.45, 7) is 5.56. The van der Waals surface area contributed by atoms with Crippen molar-refractivity contribution in [1.82, 2.24) is 4.90 Å². The van der Waals surface area contributed by atoms with Gasteiger partial charge in [0.2, 0.25) is 0 Å². The molecule has 1 aliphatic rings. The average molecular weight is 329 g/mol. The topological polar surface area (TPSA) is 76.1 Å². The van der Waals surface area contributed by atoms with Gasteiger partial charge in [-0.1, -0.05) is 18.2 Å². The Morgan fingerprint density at radius 2 is 2.08 bits per heavy atom. The summed E-state index contributed by atoms with van der Waals surface area (Å²) in [7, 11) is 2.69. The summed E-state index contributed by atoms with van der Waals surface area (Å²) in [6, 6.07) is 4.90. The molecule has 1 aromatic carbocycles. The lowest BCUT2D eigenvalue weighted by Gasteiger charge is -2.14. The van der Waals surface area contributed by atoms with Crippen LogP contribution in [0, 0.1) is 0 Å². The Morgan fingerprint density at radius 1 is 1.38 bits per heavy atom. The zero-order valence-electron chi connectivity index (χ0n) is 13.8. The third-order valence-electron chi connectivity index (χ3n) is 3.76. The second-order valence-corrected chi connectivity index (χ2v) is 5.11. The molecule has 0 bridgehead atoms. The quantitative estimate of drug-likeness (QED) is 0.509. The van der Waals surface area contributed by atoms with Gasteiger partial charge in [0, 0.05) is 17.8 Å². The first-order valence-electron chi connectivity index (χ1n) is 7.26. The molecule has 0 aliphatic carbocycles. The number of carbonyl (C=O) groups excluding carboxylic acids is 2. The maximum Gasteiger partial charge on any atom is 0.340 e. The fourth-order valence-electron chi connectivity index (χ4n) is 2.55. The molecule has 0 spiro atoms. The van der Waals surface area contributed by atoms with E-state index in [1.54, 1.807) is 31.2 Å². The van der Waals surface area contributed by atoms with Crippen molar-refractivity contribution in [3.63, 3.8) is 0 Å². The Bertz CT molecular complexity index is 761. The molecule has 1 aromatic rings. The molecule has 0 unspecified atom stereocenters. The van der Waals surface area contributed by atoms with Crippen LogP contribution in [0.3, 0.4) is 0 Å². The van der Waals surface area contributed by atoms with Crippen molar-refractivity contribution in [2.24, 2.45) is 0 Å². The number of ether oxygens (including phenoxy) is 2. The number of esters is 1. The first-order valence-corrected chi connectivity index (χ1v) is 7.26. The number of para-hydroxylation sites is 1. The Balaban J connectivity index is 2.60. The van der Waals surface area contributed by atoms with E-state index in [2.05, 4.69) is 6.58 Å². The van der Waals surface area contributed by atoms with Crippen LogP contribution in [0.15, 0.2) is 47.7 Å². The second kappa shape index (κ2) is 7.04. The highest BCUT2D eigenvalue weighted by atomic mass is 16.5. The maximum atomic E-state index is 12.7. The van der Waals surface area contributed by atoms with Gasteiger partial charge in [-0.2, -0.15) is 0 Å². The number of phenolic OH excluding ortho intramolecular Hbond substituents is 1. The summed E-state index contributed by atoms with van der Waals surface area (Å²) < 4.78 is 9.85. The van der Waals surface area contributed by atoms with Crippen molar-refractivity contribution in [1.29, 1.82) is 0 Å². The van der Waals surface area contributed by atoms with Crippen molar-refractivity contribution in [2.45, 2.75) is 6.92 Å². The molecule has 0 aromatic heterocycles. The van der Waals surface area contributed by atoms with Gasteiger partial charge >= 0.3 is 5.97 Å². The van der Waals surface area contributed by atoms with E-state index in [1.807, 2.05) is 0 Å². The molecule has 1 N–H and O–H groups in total. The molecule has 0 radical (unpaired) electrons. The summed E-state index contributed by atoms with van der Waals surface area (Å²) in [5.41, 5.74) is 1.18. The fraction of sp³-hybridized carbons (Fsp3) is 0.222. The molecule has 1 amide bonds. The smallest absolute Gasteiger partial charge is 0.340 e. The number of amides is 1. The summed E-state index contributed by atoms with van der Waals surface area (Å²) in [6.07, 6.45) is 3.03. The van der Waals surface area contributed by atoms with Crippen molar-refractivity contribution < 1.29 is 24.2 Å². The summed E-state index contributed by atoms with van der Waals surface area (Å²) in [4.78, 5) is 26.2. The summed E-state index contributed by atoms with van der Waals surface area (Å²) in [5, 5.41) is 10.2. The Labute approximate surface area is 140 Å². The molecule has 6 nitrogen and oxygen atoms in total. The van der Waals surface area contributed by atoms with Gasteiger partial charge in [-0.05, 0) is 19.1 Å². The lowest BCUT2D eigenvalue weighted by Crippen LogP contribution is -2.24. The van der Waals surface area contributed by atoms with Gasteiger partial charge in [-0.25, -0.2) is 4.79 Å². The number of rotatable bonds is 5. The van der Waals surface area contributed by atoms with Crippen molar-refractivity contribution in [3.8, 4) is 11.5 Å². The van der Waals surface area contributed by atoms with Crippen LogP contribution >= 0.6 is 0 Å². The number of carbonyl (C=O) groups is 2. The monoisotopic (exact) mass is 329 g/mol. The number of allylic oxidation sites excluding steroid dienone is 1. The number of nitrogens with zero attached hydrogens (tertiary/aromatic N) is 1. The minimum atomic E-state index is -0.610. The van der Waals surface area contributed by atoms with Gasteiger partial charge in [0.05, 0.1) is 25.4 Å². The first kappa shape index (κ1) is 17.3. The van der Waals surface area contributed by atoms with Gasteiger partial charge in [0.15, 0.2) is 11.5 Å². The zero-order valence-corrected chi connectivity index (χ0v) is 13.8. The molecule has 0 fully saturated rings. The van der Waals surface area contributed by atoms with Crippen molar-refractivity contribution >= 4 is 18.0 Å². The van der Waals surface area contributed by atoms with Crippen LogP contribution < -0.4 is 4.74 Å². The van der Waals surface area contributed by atoms with Gasteiger partial charge in [0.1, 0.15) is 0 Å². The minimum Gasteiger partial charge on any atom is -0.504 e. The van der Waals surface area contributed by atoms with Crippen molar-refractivity contribution in [3.05, 3.63) is 53.3 Å². The number of hydrogen-bond donors (Lipinski definition) is 1. The zero-order chi connectivity index (χ0) is 17.9. The van der Waals surface area contributed by atoms with Crippen LogP contribution in [0.5, 0.6) is 11.5 Å². The van der Waals surface area contributed by atoms with Crippen LogP contribution in [0.4, 0.5) is 0 Å². The molecule has 1 aliphatic heterocycles. The summed E-state index contributed by atoms with van der Waals surface area (Å²) >= 11 is 0. The molecule has 24 heavy (non-hydrogen) atoms. The van der Waals surface area contributed by atoms with E-state index in [0.29, 0.717) is 11.3 Å². The Hall–Kier alpha value is -3.02. The van der Waals surface area contributed by atoms with E-state index in [0.717, 1.165) is 0 Å². The van der Waals surface area contributed by atoms with Gasteiger partial charge in [0.25, 0.3) is 5.91 Å². The number of phenols is 1. The SMILES string of the molecule is C=CCN1C(=O)/C(=C/c2cccc(OC)c2O)C(C(=O)OC)=C1C. The third kappa shape index (κ3) is 2.90. The predicted molar refractivity (Wildman–Crippen MR) is 89.3 cm³/mol. The first-order chi connectivity index (χ1) is 11.5. The van der Waals surface area contributed by atoms with Gasteiger partial charge in [-0.3, -0.25) is 4.79 Å². The van der Waals surface area contributed by atoms with E-state index in [9.17, 15) is 14.7 Å². The Morgan fingerprint density at radius 3 is 2.67 bits per heavy atom. The highest BCUT2D eigenvalue weighted by Crippen LogP contribution is 2.35. The standard InChI is InChI=1S/C18H19NO5/c1-5-9-19-11(2)15(18(22)24-4)13(17(19)21)10-12-7-6-8-14(23-3)16(12)20/h5-8,10,20H,1,9H2,2-4H3/b13-10+. The molecule has 0 saturated carbocycles. The van der Waals surface area contributed by atoms with Crippen molar-refractivity contribution in [2.75, 3.05) is 20.8 Å².